The van der Waals surface area contributed by atoms with E-state index >= 15 is 0 Å². The molecule has 0 aromatic rings. The molecule has 0 aromatic carbocycles. The van der Waals surface area contributed by atoms with Crippen molar-refractivity contribution in [1.82, 2.24) is 15.5 Å². The summed E-state index contributed by atoms with van der Waals surface area (Å²) in [6, 6.07) is 0. The molecule has 0 spiro atoms. The molecule has 1 atom stereocenters. The van der Waals surface area contributed by atoms with Crippen LogP contribution in [0.3, 0.4) is 0 Å². The summed E-state index contributed by atoms with van der Waals surface area (Å²) in [5, 5.41) is 6.77. The molecule has 0 aliphatic carbocycles. The number of piperidine rings is 1. The molecular weight excluding hydrogens is 248 g/mol. The van der Waals surface area contributed by atoms with Gasteiger partial charge >= 0.3 is 0 Å². The Morgan fingerprint density at radius 1 is 1.30 bits per heavy atom. The van der Waals surface area contributed by atoms with Crippen molar-refractivity contribution in [1.29, 1.82) is 0 Å². The van der Waals surface area contributed by atoms with Gasteiger partial charge in [0.25, 0.3) is 0 Å². The van der Waals surface area contributed by atoms with E-state index in [1.165, 1.54) is 45.3 Å². The molecule has 2 N–H and O–H groups in total. The first-order chi connectivity index (χ1) is 9.40. The highest BCUT2D eigenvalue weighted by Gasteiger charge is 2.15. The number of hydrogen-bond acceptors (Lipinski definition) is 2. The average molecular weight is 282 g/mol. The molecule has 1 aliphatic heterocycles. The number of guanidine groups is 1. The maximum absolute atomic E-state index is 4.25. The minimum Gasteiger partial charge on any atom is -0.356 e. The van der Waals surface area contributed by atoms with E-state index < -0.39 is 0 Å². The first-order valence-electron chi connectivity index (χ1n) is 8.12. The molecule has 1 aliphatic rings. The maximum atomic E-state index is 4.25. The normalized spacial score (nSPS) is 21.9. The first kappa shape index (κ1) is 17.3. The molecule has 0 radical (unpaired) electrons. The van der Waals surface area contributed by atoms with E-state index in [0.29, 0.717) is 0 Å². The lowest BCUT2D eigenvalue weighted by Gasteiger charge is -2.30. The SMILES string of the molecule is CN=C(NCCCCN1CCCC(C)C1)NC(C)(C)C. The number of likely N-dealkylation sites (tertiary alicyclic amines) is 1. The highest BCUT2D eigenvalue weighted by Crippen LogP contribution is 2.15. The van der Waals surface area contributed by atoms with Gasteiger partial charge in [0.1, 0.15) is 0 Å². The topological polar surface area (TPSA) is 39.7 Å². The van der Waals surface area contributed by atoms with Crippen LogP contribution in [0.2, 0.25) is 0 Å². The van der Waals surface area contributed by atoms with E-state index in [4.69, 9.17) is 0 Å². The van der Waals surface area contributed by atoms with Crippen molar-refractivity contribution in [3.63, 3.8) is 0 Å². The summed E-state index contributed by atoms with van der Waals surface area (Å²) in [4.78, 5) is 6.88. The van der Waals surface area contributed by atoms with Crippen LogP contribution in [0, 0.1) is 5.92 Å². The highest BCUT2D eigenvalue weighted by molar-refractivity contribution is 5.80. The Labute approximate surface area is 125 Å². The van der Waals surface area contributed by atoms with Gasteiger partial charge in [0.2, 0.25) is 0 Å². The summed E-state index contributed by atoms with van der Waals surface area (Å²) in [6.07, 6.45) is 5.26. The summed E-state index contributed by atoms with van der Waals surface area (Å²) in [7, 11) is 1.83. The minimum absolute atomic E-state index is 0.0613. The van der Waals surface area contributed by atoms with Crippen molar-refractivity contribution in [3.05, 3.63) is 0 Å². The number of nitrogens with one attached hydrogen (secondary N) is 2. The van der Waals surface area contributed by atoms with Gasteiger partial charge in [-0.2, -0.15) is 0 Å². The van der Waals surface area contributed by atoms with Gasteiger partial charge in [0.15, 0.2) is 5.96 Å². The Kier molecular flexibility index (Phi) is 7.35. The molecule has 1 unspecified atom stereocenters. The van der Waals surface area contributed by atoms with Gasteiger partial charge in [0, 0.05) is 25.7 Å². The van der Waals surface area contributed by atoms with Crippen molar-refractivity contribution in [2.45, 2.75) is 58.9 Å². The third-order valence-electron chi connectivity index (χ3n) is 3.65. The Balaban J connectivity index is 2.09. The summed E-state index contributed by atoms with van der Waals surface area (Å²) in [5.41, 5.74) is 0.0613. The zero-order valence-corrected chi connectivity index (χ0v) is 14.1. The van der Waals surface area contributed by atoms with Crippen LogP contribution in [0.25, 0.3) is 0 Å². The summed E-state index contributed by atoms with van der Waals surface area (Å²) >= 11 is 0. The quantitative estimate of drug-likeness (QED) is 0.462. The predicted octanol–water partition coefficient (Wildman–Crippen LogP) is 2.46. The van der Waals surface area contributed by atoms with Gasteiger partial charge in [0.05, 0.1) is 0 Å². The molecule has 1 rings (SSSR count). The zero-order chi connectivity index (χ0) is 15.0. The molecule has 0 aromatic heterocycles. The molecule has 0 amide bonds. The van der Waals surface area contributed by atoms with Crippen LogP contribution < -0.4 is 10.6 Å². The van der Waals surface area contributed by atoms with Crippen molar-refractivity contribution in [2.24, 2.45) is 10.9 Å². The van der Waals surface area contributed by atoms with E-state index in [9.17, 15) is 0 Å². The third-order valence-corrected chi connectivity index (χ3v) is 3.65. The minimum atomic E-state index is 0.0613. The van der Waals surface area contributed by atoms with Crippen molar-refractivity contribution in [3.8, 4) is 0 Å². The van der Waals surface area contributed by atoms with E-state index in [-0.39, 0.29) is 5.54 Å². The van der Waals surface area contributed by atoms with Crippen LogP contribution in [0.5, 0.6) is 0 Å². The standard InChI is InChI=1S/C16H34N4/c1-14-9-8-12-20(13-14)11-7-6-10-18-15(17-5)19-16(2,3)4/h14H,6-13H2,1-5H3,(H2,17,18,19). The lowest BCUT2D eigenvalue weighted by Crippen LogP contribution is -2.47. The van der Waals surface area contributed by atoms with E-state index in [0.717, 1.165) is 18.4 Å². The molecule has 4 heteroatoms. The second-order valence-electron chi connectivity index (χ2n) is 7.13. The molecule has 1 fully saturated rings. The van der Waals surface area contributed by atoms with E-state index in [1.807, 2.05) is 7.05 Å². The molecule has 20 heavy (non-hydrogen) atoms. The van der Waals surface area contributed by atoms with Gasteiger partial charge in [-0.25, -0.2) is 0 Å². The Morgan fingerprint density at radius 2 is 2.05 bits per heavy atom. The van der Waals surface area contributed by atoms with Gasteiger partial charge in [-0.1, -0.05) is 6.92 Å². The molecular formula is C16H34N4. The summed E-state index contributed by atoms with van der Waals surface area (Å²) in [5.74, 6) is 1.79. The molecule has 0 saturated carbocycles. The van der Waals surface area contributed by atoms with Crippen molar-refractivity contribution >= 4 is 5.96 Å². The van der Waals surface area contributed by atoms with Crippen LogP contribution in [0.4, 0.5) is 0 Å². The maximum Gasteiger partial charge on any atom is 0.191 e. The van der Waals surface area contributed by atoms with E-state index in [1.54, 1.807) is 0 Å². The Bertz CT molecular complexity index is 293. The molecule has 0 bridgehead atoms. The van der Waals surface area contributed by atoms with Crippen molar-refractivity contribution < 1.29 is 0 Å². The number of rotatable bonds is 5. The summed E-state index contributed by atoms with van der Waals surface area (Å²) < 4.78 is 0. The molecule has 1 heterocycles. The fourth-order valence-corrected chi connectivity index (χ4v) is 2.69. The number of aliphatic imine (C=N–C) groups is 1. The van der Waals surface area contributed by atoms with Gasteiger partial charge in [-0.3, -0.25) is 4.99 Å². The smallest absolute Gasteiger partial charge is 0.191 e. The fourth-order valence-electron chi connectivity index (χ4n) is 2.69. The molecule has 4 nitrogen and oxygen atoms in total. The Hall–Kier alpha value is -0.770. The first-order valence-corrected chi connectivity index (χ1v) is 8.12. The lowest BCUT2D eigenvalue weighted by molar-refractivity contribution is 0.181. The largest absolute Gasteiger partial charge is 0.356 e. The van der Waals surface area contributed by atoms with Crippen molar-refractivity contribution in [2.75, 3.05) is 33.2 Å². The van der Waals surface area contributed by atoms with Crippen LogP contribution in [-0.4, -0.2) is 49.6 Å². The van der Waals surface area contributed by atoms with Crippen LogP contribution in [0.15, 0.2) is 4.99 Å². The number of nitrogens with zero attached hydrogens (tertiary/aromatic N) is 2. The molecule has 1 saturated heterocycles. The van der Waals surface area contributed by atoms with Crippen LogP contribution in [0.1, 0.15) is 53.4 Å². The third kappa shape index (κ3) is 7.73. The van der Waals surface area contributed by atoms with Crippen LogP contribution >= 0.6 is 0 Å². The van der Waals surface area contributed by atoms with E-state index in [2.05, 4.69) is 48.2 Å². The number of unbranched alkanes of at least 4 members (excludes halogenated alkanes) is 1. The highest BCUT2D eigenvalue weighted by atomic mass is 15.2. The lowest BCUT2D eigenvalue weighted by atomic mass is 10.0. The predicted molar refractivity (Wildman–Crippen MR) is 88.3 cm³/mol. The second kappa shape index (κ2) is 8.50. The summed E-state index contributed by atoms with van der Waals surface area (Å²) in [6.45, 7) is 13.7. The number of hydrogen-bond donors (Lipinski definition) is 2. The van der Waals surface area contributed by atoms with Crippen LogP contribution in [-0.2, 0) is 0 Å². The van der Waals surface area contributed by atoms with Gasteiger partial charge in [-0.05, 0) is 65.5 Å². The zero-order valence-electron chi connectivity index (χ0n) is 14.1. The molecule has 118 valence electrons. The fraction of sp³-hybridized carbons (Fsp3) is 0.938. The van der Waals surface area contributed by atoms with Gasteiger partial charge < -0.3 is 15.5 Å². The second-order valence-corrected chi connectivity index (χ2v) is 7.13. The average Bonchev–Trinajstić information content (AvgIpc) is 2.35. The Morgan fingerprint density at radius 3 is 2.65 bits per heavy atom. The monoisotopic (exact) mass is 282 g/mol. The van der Waals surface area contributed by atoms with Gasteiger partial charge in [-0.15, -0.1) is 0 Å².